The molecule has 1 aromatic heterocycles. The number of nitrogens with one attached hydrogen (secondary N) is 1. The third-order valence-electron chi connectivity index (χ3n) is 3.02. The van der Waals surface area contributed by atoms with E-state index in [0.717, 1.165) is 12.8 Å². The lowest BCUT2D eigenvalue weighted by molar-refractivity contribution is 0.0431. The maximum absolute atomic E-state index is 11.5. The molecule has 0 aromatic carbocycles. The van der Waals surface area contributed by atoms with E-state index in [0.29, 0.717) is 24.0 Å². The van der Waals surface area contributed by atoms with Crippen molar-refractivity contribution in [2.24, 2.45) is 5.84 Å². The van der Waals surface area contributed by atoms with Gasteiger partial charge in [0.05, 0.1) is 24.0 Å². The summed E-state index contributed by atoms with van der Waals surface area (Å²) in [7, 11) is 0. The van der Waals surface area contributed by atoms with Crippen LogP contribution in [0.3, 0.4) is 0 Å². The van der Waals surface area contributed by atoms with Gasteiger partial charge >= 0.3 is 0 Å². The van der Waals surface area contributed by atoms with E-state index in [1.807, 2.05) is 0 Å². The van der Waals surface area contributed by atoms with Crippen molar-refractivity contribution in [2.75, 3.05) is 0 Å². The minimum atomic E-state index is -0.330. The summed E-state index contributed by atoms with van der Waals surface area (Å²) in [5.74, 6) is 4.79. The lowest BCUT2D eigenvalue weighted by Gasteiger charge is -2.12. The number of carbonyl (C=O) groups excluding carboxylic acids is 1. The maximum atomic E-state index is 11.5. The fraction of sp³-hybridized carbons (Fsp3) is 0.500. The molecule has 0 radical (unpaired) electrons. The Kier molecular flexibility index (Phi) is 4.06. The van der Waals surface area contributed by atoms with Crippen LogP contribution in [0, 0.1) is 0 Å². The Hall–Kier alpha value is -1.46. The molecule has 0 spiro atoms. The molecule has 1 heterocycles. The van der Waals surface area contributed by atoms with Gasteiger partial charge < -0.3 is 4.74 Å². The van der Waals surface area contributed by atoms with E-state index in [-0.39, 0.29) is 5.91 Å². The lowest BCUT2D eigenvalue weighted by atomic mass is 10.2. The summed E-state index contributed by atoms with van der Waals surface area (Å²) in [6, 6.07) is 3.41. The van der Waals surface area contributed by atoms with Crippen molar-refractivity contribution in [3.8, 4) is 0 Å². The number of hydrazine groups is 1. The number of hydrogen-bond acceptors (Lipinski definition) is 4. The van der Waals surface area contributed by atoms with Crippen molar-refractivity contribution >= 4 is 5.91 Å². The van der Waals surface area contributed by atoms with Crippen LogP contribution in [0.4, 0.5) is 0 Å². The molecule has 0 aliphatic heterocycles. The van der Waals surface area contributed by atoms with Crippen molar-refractivity contribution in [1.82, 2.24) is 10.4 Å². The van der Waals surface area contributed by atoms with Crippen LogP contribution in [0.5, 0.6) is 0 Å². The number of ether oxygens (including phenoxy) is 1. The number of amides is 1. The first-order valence-electron chi connectivity index (χ1n) is 5.87. The molecule has 0 saturated heterocycles. The van der Waals surface area contributed by atoms with Gasteiger partial charge in [-0.3, -0.25) is 15.2 Å². The number of rotatable bonds is 4. The number of hydrogen-bond donors (Lipinski definition) is 2. The van der Waals surface area contributed by atoms with Gasteiger partial charge in [0.1, 0.15) is 0 Å². The van der Waals surface area contributed by atoms with Crippen LogP contribution in [0.25, 0.3) is 0 Å². The number of carbonyl (C=O) groups is 1. The molecule has 1 aromatic rings. The van der Waals surface area contributed by atoms with Gasteiger partial charge in [-0.25, -0.2) is 5.84 Å². The molecule has 5 nitrogen and oxygen atoms in total. The SMILES string of the molecule is NNC(=O)c1cccnc1COC1CCCC1. The second-order valence-electron chi connectivity index (χ2n) is 4.19. The monoisotopic (exact) mass is 235 g/mol. The van der Waals surface area contributed by atoms with Crippen molar-refractivity contribution in [3.05, 3.63) is 29.6 Å². The molecule has 1 aliphatic carbocycles. The van der Waals surface area contributed by atoms with E-state index in [1.165, 1.54) is 12.8 Å². The highest BCUT2D eigenvalue weighted by atomic mass is 16.5. The van der Waals surface area contributed by atoms with Gasteiger partial charge in [0, 0.05) is 6.20 Å². The maximum Gasteiger partial charge on any atom is 0.267 e. The van der Waals surface area contributed by atoms with Gasteiger partial charge in [-0.05, 0) is 25.0 Å². The number of aromatic nitrogens is 1. The van der Waals surface area contributed by atoms with Gasteiger partial charge in [0.25, 0.3) is 5.91 Å². The van der Waals surface area contributed by atoms with E-state index in [4.69, 9.17) is 10.6 Å². The average molecular weight is 235 g/mol. The Labute approximate surface area is 100 Å². The predicted molar refractivity (Wildman–Crippen MR) is 62.9 cm³/mol. The first kappa shape index (κ1) is 12.0. The highest BCUT2D eigenvalue weighted by Crippen LogP contribution is 2.22. The summed E-state index contributed by atoms with van der Waals surface area (Å²) in [5, 5.41) is 0. The smallest absolute Gasteiger partial charge is 0.267 e. The molecule has 5 heteroatoms. The third-order valence-corrected chi connectivity index (χ3v) is 3.02. The minimum absolute atomic E-state index is 0.311. The minimum Gasteiger partial charge on any atom is -0.372 e. The van der Waals surface area contributed by atoms with Crippen LogP contribution in [-0.4, -0.2) is 17.0 Å². The van der Waals surface area contributed by atoms with Crippen LogP contribution in [0.15, 0.2) is 18.3 Å². The quantitative estimate of drug-likeness (QED) is 0.466. The number of nitrogen functional groups attached to an aromatic ring is 1. The molecule has 17 heavy (non-hydrogen) atoms. The zero-order chi connectivity index (χ0) is 12.1. The highest BCUT2D eigenvalue weighted by molar-refractivity contribution is 5.94. The zero-order valence-corrected chi connectivity index (χ0v) is 9.69. The number of nitrogens with two attached hydrogens (primary N) is 1. The first-order chi connectivity index (χ1) is 8.31. The fourth-order valence-electron chi connectivity index (χ4n) is 2.09. The van der Waals surface area contributed by atoms with Crippen molar-refractivity contribution < 1.29 is 9.53 Å². The van der Waals surface area contributed by atoms with E-state index < -0.39 is 0 Å². The summed E-state index contributed by atoms with van der Waals surface area (Å²) in [4.78, 5) is 15.7. The van der Waals surface area contributed by atoms with Gasteiger partial charge in [0.2, 0.25) is 0 Å². The summed E-state index contributed by atoms with van der Waals surface area (Å²) in [5.41, 5.74) is 3.24. The second-order valence-corrected chi connectivity index (χ2v) is 4.19. The Morgan fingerprint density at radius 1 is 1.53 bits per heavy atom. The second kappa shape index (κ2) is 5.75. The van der Waals surface area contributed by atoms with E-state index in [1.54, 1.807) is 18.3 Å². The number of nitrogens with zero attached hydrogens (tertiary/aromatic N) is 1. The van der Waals surface area contributed by atoms with Gasteiger partial charge in [0.15, 0.2) is 0 Å². The normalized spacial score (nSPS) is 16.1. The average Bonchev–Trinajstić information content (AvgIpc) is 2.89. The predicted octanol–water partition coefficient (Wildman–Crippen LogP) is 1.14. The molecule has 0 atom stereocenters. The highest BCUT2D eigenvalue weighted by Gasteiger charge is 2.17. The van der Waals surface area contributed by atoms with E-state index in [2.05, 4.69) is 10.4 Å². The van der Waals surface area contributed by atoms with Crippen molar-refractivity contribution in [2.45, 2.75) is 38.4 Å². The topological polar surface area (TPSA) is 77.2 Å². The van der Waals surface area contributed by atoms with Crippen molar-refractivity contribution in [3.63, 3.8) is 0 Å². The third kappa shape index (κ3) is 3.01. The van der Waals surface area contributed by atoms with Crippen LogP contribution in [0.2, 0.25) is 0 Å². The largest absolute Gasteiger partial charge is 0.372 e. The van der Waals surface area contributed by atoms with E-state index in [9.17, 15) is 4.79 Å². The molecular formula is C12H17N3O2. The summed E-state index contributed by atoms with van der Waals surface area (Å²) < 4.78 is 5.74. The van der Waals surface area contributed by atoms with Gasteiger partial charge in [-0.2, -0.15) is 0 Å². The summed E-state index contributed by atoms with van der Waals surface area (Å²) in [6.45, 7) is 0.369. The number of pyridine rings is 1. The zero-order valence-electron chi connectivity index (χ0n) is 9.69. The molecule has 0 bridgehead atoms. The van der Waals surface area contributed by atoms with E-state index >= 15 is 0 Å². The first-order valence-corrected chi connectivity index (χ1v) is 5.87. The molecule has 2 rings (SSSR count). The van der Waals surface area contributed by atoms with Crippen molar-refractivity contribution in [1.29, 1.82) is 0 Å². The van der Waals surface area contributed by atoms with Crippen LogP contribution < -0.4 is 11.3 Å². The lowest BCUT2D eigenvalue weighted by Crippen LogP contribution is -2.31. The molecule has 92 valence electrons. The van der Waals surface area contributed by atoms with Crippen LogP contribution in [0.1, 0.15) is 41.7 Å². The fourth-order valence-corrected chi connectivity index (χ4v) is 2.09. The summed E-state index contributed by atoms with van der Waals surface area (Å²) in [6.07, 6.45) is 6.62. The molecule has 1 aliphatic rings. The Morgan fingerprint density at radius 2 is 2.29 bits per heavy atom. The standard InChI is InChI=1S/C12H17N3O2/c13-15-12(16)10-6-3-7-14-11(10)8-17-9-4-1-2-5-9/h3,6-7,9H,1-2,4-5,8,13H2,(H,15,16). The van der Waals surface area contributed by atoms with Crippen LogP contribution >= 0.6 is 0 Å². The van der Waals surface area contributed by atoms with Gasteiger partial charge in [-0.15, -0.1) is 0 Å². The molecule has 0 unspecified atom stereocenters. The molecule has 1 fully saturated rings. The molecular weight excluding hydrogens is 218 g/mol. The Morgan fingerprint density at radius 3 is 3.00 bits per heavy atom. The Balaban J connectivity index is 2.01. The van der Waals surface area contributed by atoms with Gasteiger partial charge in [-0.1, -0.05) is 12.8 Å². The Bertz CT molecular complexity index is 389. The summed E-state index contributed by atoms with van der Waals surface area (Å²) >= 11 is 0. The molecule has 3 N–H and O–H groups in total. The molecule has 1 saturated carbocycles. The van der Waals surface area contributed by atoms with Crippen LogP contribution in [-0.2, 0) is 11.3 Å². The molecule has 1 amide bonds.